The highest BCUT2D eigenvalue weighted by Crippen LogP contribution is 2.40. The second-order valence-electron chi connectivity index (χ2n) is 29.8. The van der Waals surface area contributed by atoms with Gasteiger partial charge in [-0.2, -0.15) is 0 Å². The minimum atomic E-state index is -2.04. The predicted octanol–water partition coefficient (Wildman–Crippen LogP) is -21.2. The molecule has 10 rings (SSSR count). The number of methoxy groups -OCH3 is 2. The zero-order chi connectivity index (χ0) is 89.9. The third-order valence-corrected chi connectivity index (χ3v) is 21.8. The van der Waals surface area contributed by atoms with Gasteiger partial charge in [0, 0.05) is 34.0 Å². The van der Waals surface area contributed by atoms with Gasteiger partial charge < -0.3 is 258 Å². The summed E-state index contributed by atoms with van der Waals surface area (Å²) < 4.78 is 114. The second-order valence-corrected chi connectivity index (χ2v) is 29.8. The summed E-state index contributed by atoms with van der Waals surface area (Å²) >= 11 is 0. The van der Waals surface area contributed by atoms with E-state index < -0.39 is 385 Å². The Balaban J connectivity index is 0.000000240. The highest BCUT2D eigenvalue weighted by molar-refractivity contribution is 5.66. The molecule has 10 aliphatic rings. The molecule has 10 fully saturated rings. The van der Waals surface area contributed by atoms with Crippen LogP contribution >= 0.6 is 0 Å². The Morgan fingerprint density at radius 3 is 0.884 bits per heavy atom. The highest BCUT2D eigenvalue weighted by Gasteiger charge is 2.60. The predicted molar refractivity (Wildman–Crippen MR) is 368 cm³/mol. The molecule has 0 aromatic heterocycles. The number of aliphatic hydroxyl groups excluding tert-OH is 31. The normalized spacial score (nSPS) is 49.9. The van der Waals surface area contributed by atoms with Gasteiger partial charge in [-0.25, -0.2) is 0 Å². The summed E-state index contributed by atoms with van der Waals surface area (Å²) in [7, 11) is 2.38. The summed E-state index contributed by atoms with van der Waals surface area (Å²) in [6.07, 6.45) is -80.2. The summed E-state index contributed by atoms with van der Waals surface area (Å²) in [4.78, 5) is 23.8. The first-order valence-corrected chi connectivity index (χ1v) is 38.2. The van der Waals surface area contributed by atoms with E-state index in [0.29, 0.717) is 0 Å². The Labute approximate surface area is 685 Å². The van der Waals surface area contributed by atoms with Gasteiger partial charge in [0.1, 0.15) is 214 Å². The molecule has 0 spiro atoms. The number of carbonyl (C=O) groups is 2. The number of carbonyl (C=O) groups excluding carboxylic acids is 2. The molecular weight excluding hydrogens is 1670 g/mol. The SMILES string of the molecule is CC(=O)OC1[C@@H](O[C@@H]2C(CO)O[C@H](O[C@@H]3C(CO)O[C@H](O)C(O)[C@@H]3O)C(O)[C@@H]2O)OC(CO)[C@@H](O[C@H]2OC(CO)[C@@H](O)[C@@H](O)C2O)[C@H]1O.CO[C@H]1OC(CO)[C@@H](O[C@H]2OC(CO)[C@@H](O[C@H]3OC(CO[C@H]4OC(CO)[C@H](O)[C@@H](O)C4O)[C@@H](OC)[C@@H](O)C3O)[C@@H](O)C2O)[C@@H](OC(C)=O)C1O.C[C@@H]1C(CO)O[C@H](O[C@@H]2C(CO)O[C@H](O)C(O)[C@@H]2O)C(O)[C@@H]1O. The summed E-state index contributed by atoms with van der Waals surface area (Å²) in [5, 5.41) is 315. The highest BCUT2D eigenvalue weighted by atomic mass is 16.8. The Morgan fingerprint density at radius 2 is 0.504 bits per heavy atom. The lowest BCUT2D eigenvalue weighted by atomic mass is 9.91. The van der Waals surface area contributed by atoms with Crippen molar-refractivity contribution in [2.24, 2.45) is 5.92 Å². The zero-order valence-corrected chi connectivity index (χ0v) is 65.2. The Hall–Kier alpha value is -3.06. The van der Waals surface area contributed by atoms with Gasteiger partial charge >= 0.3 is 11.9 Å². The summed E-state index contributed by atoms with van der Waals surface area (Å²) in [5.74, 6) is -2.39. The molecule has 54 heteroatoms. The molecule has 0 saturated carbocycles. The third kappa shape index (κ3) is 23.6. The topological polar surface area (TPSA) is 855 Å². The minimum Gasteiger partial charge on any atom is -0.457 e. The van der Waals surface area contributed by atoms with Crippen LogP contribution in [0.4, 0.5) is 0 Å². The van der Waals surface area contributed by atoms with Crippen LogP contribution in [0.2, 0.25) is 0 Å². The Morgan fingerprint density at radius 1 is 0.231 bits per heavy atom. The van der Waals surface area contributed by atoms with Crippen LogP contribution in [-0.2, 0) is 109 Å². The van der Waals surface area contributed by atoms with Gasteiger partial charge in [-0.3, -0.25) is 9.59 Å². The van der Waals surface area contributed by atoms with Gasteiger partial charge in [-0.15, -0.1) is 0 Å². The van der Waals surface area contributed by atoms with Gasteiger partial charge in [-0.1, -0.05) is 6.92 Å². The fourth-order valence-corrected chi connectivity index (χ4v) is 14.8. The lowest BCUT2D eigenvalue weighted by Crippen LogP contribution is -2.68. The van der Waals surface area contributed by atoms with Gasteiger partial charge in [0.2, 0.25) is 0 Å². The fraction of sp³-hybridized carbons (Fsp3) is 0.970. The smallest absolute Gasteiger partial charge is 0.303 e. The quantitative estimate of drug-likeness (QED) is 0.0324. The average molecular weight is 1790 g/mol. The maximum absolute atomic E-state index is 12.0. The van der Waals surface area contributed by atoms with Crippen molar-refractivity contribution in [1.82, 2.24) is 0 Å². The molecule has 0 radical (unpaired) electrons. The van der Waals surface area contributed by atoms with E-state index >= 15 is 0 Å². The van der Waals surface area contributed by atoms with Crippen molar-refractivity contribution in [3.63, 3.8) is 0 Å². The number of hydrogen-bond donors (Lipinski definition) is 31. The summed E-state index contributed by atoms with van der Waals surface area (Å²) in [6.45, 7) is -3.82. The van der Waals surface area contributed by atoms with Crippen LogP contribution in [0.15, 0.2) is 0 Å². The molecule has 708 valence electrons. The van der Waals surface area contributed by atoms with Crippen LogP contribution in [0.25, 0.3) is 0 Å². The number of ether oxygens (including phenoxy) is 21. The molecule has 0 amide bonds. The van der Waals surface area contributed by atoms with E-state index in [0.717, 1.165) is 13.8 Å². The molecule has 0 bridgehead atoms. The lowest BCUT2D eigenvalue weighted by molar-refractivity contribution is -0.387. The second kappa shape index (κ2) is 46.5. The number of aliphatic hydroxyl groups is 31. The summed E-state index contributed by atoms with van der Waals surface area (Å²) in [5.41, 5.74) is 0. The van der Waals surface area contributed by atoms with Gasteiger partial charge in [0.25, 0.3) is 0 Å². The molecule has 31 N–H and O–H groups in total. The van der Waals surface area contributed by atoms with Crippen LogP contribution in [0.5, 0.6) is 0 Å². The number of hydrogen-bond acceptors (Lipinski definition) is 54. The van der Waals surface area contributed by atoms with Crippen molar-refractivity contribution in [3.05, 3.63) is 0 Å². The molecule has 0 aromatic rings. The molecular formula is C67H116O54. The maximum atomic E-state index is 12.0. The molecule has 20 unspecified atom stereocenters. The lowest BCUT2D eigenvalue weighted by Gasteiger charge is -2.49. The first-order chi connectivity index (χ1) is 57.2. The van der Waals surface area contributed by atoms with E-state index in [1.54, 1.807) is 6.92 Å². The largest absolute Gasteiger partial charge is 0.457 e. The first-order valence-electron chi connectivity index (χ1n) is 38.2. The van der Waals surface area contributed by atoms with Gasteiger partial charge in [0.05, 0.1) is 78.3 Å². The summed E-state index contributed by atoms with van der Waals surface area (Å²) in [6, 6.07) is 0. The molecule has 121 heavy (non-hydrogen) atoms. The average Bonchev–Trinajstić information content (AvgIpc) is 0.775. The fourth-order valence-electron chi connectivity index (χ4n) is 14.8. The van der Waals surface area contributed by atoms with Crippen LogP contribution in [0.1, 0.15) is 20.8 Å². The van der Waals surface area contributed by atoms with E-state index in [4.69, 9.17) is 99.5 Å². The van der Waals surface area contributed by atoms with Gasteiger partial charge in [0.15, 0.2) is 75.1 Å². The Kier molecular flexibility index (Phi) is 39.7. The minimum absolute atomic E-state index is 0.417. The van der Waals surface area contributed by atoms with Crippen molar-refractivity contribution in [2.75, 3.05) is 80.3 Å². The van der Waals surface area contributed by atoms with Crippen molar-refractivity contribution >= 4 is 11.9 Å². The van der Waals surface area contributed by atoms with Gasteiger partial charge in [-0.05, 0) is 0 Å². The maximum Gasteiger partial charge on any atom is 0.303 e. The van der Waals surface area contributed by atoms with Crippen LogP contribution in [0.3, 0.4) is 0 Å². The van der Waals surface area contributed by atoms with E-state index in [9.17, 15) is 168 Å². The standard InChI is InChI=1S/C28H48O22.C26H44O22.C13H24O10/c1-8(32)44-24-20(40)25(42-3)46-11(6-31)23(24)50-27-19(39)16(36)22(10(5-30)47-27)49-28-18(38)15(35)21(41-2)12(48-28)7-43-26-17(37)14(34)13(33)9(4-29)45-26;1-6(31)41-22-18(39)21(47-24-16(37)12(33)11(32)7(2-27)43-24)10(5-30)45-26(22)48-20-9(4-29)44-25(17(38)14(20)35)46-19-8(3-28)42-23(40)15(36)13(19)34;1-4-5(2-14)22-13(10(19)7(4)16)23-11-6(3-15)21-12(20)9(18)8(11)17/h9-31,33-40H,4-7H2,1-3H3;7-30,32-40H,2-5H2,1H3;4-20H,2-3H2,1H3/t9?,10?,11?,12?,13-,14+,15-,16-,17?,18?,19?,20?,21+,22+,23+,24-,25-,26-,27+,28+;7?,8?,9?,10?,11-,12-,13+,14+,15?,16?,17?,18-,19-,20-,21-,22?,23+,24-,25-,26-;4-,5?,6?,7-,8+,9?,10?,11-,12+,13-/m011/s1. The third-order valence-electron chi connectivity index (χ3n) is 21.8. The first kappa shape index (κ1) is 103. The molecule has 54 nitrogen and oxygen atoms in total. The Bertz CT molecular complexity index is 3030. The van der Waals surface area contributed by atoms with Crippen molar-refractivity contribution in [2.45, 2.75) is 322 Å². The molecule has 50 atom stereocenters. The number of rotatable bonds is 28. The molecule has 10 saturated heterocycles. The van der Waals surface area contributed by atoms with Crippen LogP contribution in [0, 0.1) is 5.92 Å². The van der Waals surface area contributed by atoms with Crippen molar-refractivity contribution < 1.29 is 267 Å². The van der Waals surface area contributed by atoms with E-state index in [-0.39, 0.29) is 0 Å². The van der Waals surface area contributed by atoms with E-state index in [1.807, 2.05) is 0 Å². The van der Waals surface area contributed by atoms with Crippen LogP contribution < -0.4 is 0 Å². The van der Waals surface area contributed by atoms with E-state index in [2.05, 4.69) is 0 Å². The number of esters is 2. The van der Waals surface area contributed by atoms with E-state index in [1.165, 1.54) is 14.2 Å². The molecule has 10 heterocycles. The van der Waals surface area contributed by atoms with Crippen molar-refractivity contribution in [3.8, 4) is 0 Å². The molecule has 0 aromatic carbocycles. The molecule has 10 aliphatic heterocycles. The monoisotopic (exact) mass is 1780 g/mol. The van der Waals surface area contributed by atoms with Crippen LogP contribution in [-0.4, -0.2) is 551 Å². The zero-order valence-electron chi connectivity index (χ0n) is 65.2. The van der Waals surface area contributed by atoms with Crippen molar-refractivity contribution in [1.29, 1.82) is 0 Å². The molecule has 0 aliphatic carbocycles.